The highest BCUT2D eigenvalue weighted by molar-refractivity contribution is 6.19. The molecule has 2 amide bonds. The summed E-state index contributed by atoms with van der Waals surface area (Å²) in [5.41, 5.74) is 1.41. The van der Waals surface area contributed by atoms with Crippen molar-refractivity contribution in [2.75, 3.05) is 20.3 Å². The molecular formula is C22H26N2O4. The second-order valence-electron chi connectivity index (χ2n) is 6.53. The maximum Gasteiger partial charge on any atom is 0.271 e. The molecule has 1 heterocycles. The Morgan fingerprint density at radius 3 is 2.50 bits per heavy atom. The normalized spacial score (nSPS) is 15.8. The van der Waals surface area contributed by atoms with E-state index in [9.17, 15) is 14.9 Å². The van der Waals surface area contributed by atoms with Crippen LogP contribution in [-0.2, 0) is 9.59 Å². The van der Waals surface area contributed by atoms with E-state index in [2.05, 4.69) is 6.92 Å². The molecule has 0 aliphatic carbocycles. The molecule has 0 radical (unpaired) electrons. The van der Waals surface area contributed by atoms with Crippen molar-refractivity contribution in [2.45, 2.75) is 40.0 Å². The number of carbonyl (C=O) groups is 2. The number of nitrogens with zero attached hydrogens (tertiary/aromatic N) is 2. The predicted molar refractivity (Wildman–Crippen MR) is 107 cm³/mol. The molecule has 28 heavy (non-hydrogen) atoms. The predicted octanol–water partition coefficient (Wildman–Crippen LogP) is 3.88. The molecule has 1 aliphatic heterocycles. The van der Waals surface area contributed by atoms with Crippen molar-refractivity contribution in [3.63, 3.8) is 0 Å². The van der Waals surface area contributed by atoms with Crippen molar-refractivity contribution >= 4 is 17.9 Å². The molecule has 0 bridgehead atoms. The Balaban J connectivity index is 2.38. The van der Waals surface area contributed by atoms with Gasteiger partial charge in [-0.1, -0.05) is 25.8 Å². The summed E-state index contributed by atoms with van der Waals surface area (Å²) in [5, 5.41) is 9.26. The minimum absolute atomic E-state index is 0.0192. The fourth-order valence-electron chi connectivity index (χ4n) is 2.90. The van der Waals surface area contributed by atoms with Gasteiger partial charge in [0.1, 0.15) is 11.6 Å². The zero-order valence-corrected chi connectivity index (χ0v) is 16.9. The topological polar surface area (TPSA) is 79.6 Å². The second kappa shape index (κ2) is 9.75. The lowest BCUT2D eigenvalue weighted by Crippen LogP contribution is -2.39. The van der Waals surface area contributed by atoms with Crippen LogP contribution < -0.4 is 9.47 Å². The minimum atomic E-state index is -0.576. The van der Waals surface area contributed by atoms with Gasteiger partial charge < -0.3 is 9.47 Å². The standard InChI is InChI=1S/C22H26N2O4/c1-5-7-8-11-28-19-10-9-16(13-20(19)27-6-2)12-17-15(3)18(14-23)22(26)24(4)21(17)25/h9-10,12-13H,5-8,11H2,1-4H3/b17-12+. The fourth-order valence-corrected chi connectivity index (χ4v) is 2.90. The molecule has 2 rings (SSSR count). The lowest BCUT2D eigenvalue weighted by Gasteiger charge is -2.23. The Bertz CT molecular complexity index is 862. The number of rotatable bonds is 8. The first kappa shape index (κ1) is 21.2. The van der Waals surface area contributed by atoms with Crippen molar-refractivity contribution in [2.24, 2.45) is 0 Å². The number of carbonyl (C=O) groups excluding carboxylic acids is 2. The quantitative estimate of drug-likeness (QED) is 0.387. The monoisotopic (exact) mass is 382 g/mol. The van der Waals surface area contributed by atoms with Crippen LogP contribution in [0.1, 0.15) is 45.6 Å². The SMILES string of the molecule is CCCCCOc1ccc(/C=C2/C(=O)N(C)C(=O)C(C#N)=C2C)cc1OCC. The van der Waals surface area contributed by atoms with E-state index in [0.717, 1.165) is 29.7 Å². The molecule has 0 fully saturated rings. The highest BCUT2D eigenvalue weighted by atomic mass is 16.5. The maximum atomic E-state index is 12.5. The van der Waals surface area contributed by atoms with Gasteiger partial charge in [0.2, 0.25) is 0 Å². The Morgan fingerprint density at radius 1 is 1.11 bits per heavy atom. The summed E-state index contributed by atoms with van der Waals surface area (Å²) >= 11 is 0. The summed E-state index contributed by atoms with van der Waals surface area (Å²) in [6, 6.07) is 7.34. The summed E-state index contributed by atoms with van der Waals surface area (Å²) in [4.78, 5) is 25.6. The molecule has 0 atom stereocenters. The second-order valence-corrected chi connectivity index (χ2v) is 6.53. The van der Waals surface area contributed by atoms with Crippen LogP contribution in [0.2, 0.25) is 0 Å². The Morgan fingerprint density at radius 2 is 1.86 bits per heavy atom. The summed E-state index contributed by atoms with van der Waals surface area (Å²) in [6.45, 7) is 6.75. The van der Waals surface area contributed by atoms with Crippen LogP contribution in [0, 0.1) is 11.3 Å². The van der Waals surface area contributed by atoms with Gasteiger partial charge in [0, 0.05) is 12.6 Å². The number of benzene rings is 1. The van der Waals surface area contributed by atoms with Gasteiger partial charge in [-0.25, -0.2) is 0 Å². The number of nitriles is 1. The Labute approximate surface area is 166 Å². The molecule has 0 unspecified atom stereocenters. The van der Waals surface area contributed by atoms with Crippen molar-refractivity contribution in [1.82, 2.24) is 4.90 Å². The van der Waals surface area contributed by atoms with Gasteiger partial charge in [0.25, 0.3) is 11.8 Å². The van der Waals surface area contributed by atoms with Crippen LogP contribution in [0.25, 0.3) is 6.08 Å². The molecular weight excluding hydrogens is 356 g/mol. The summed E-state index contributed by atoms with van der Waals surface area (Å²) in [6.07, 6.45) is 4.87. The van der Waals surface area contributed by atoms with E-state index in [1.165, 1.54) is 7.05 Å². The summed E-state index contributed by atoms with van der Waals surface area (Å²) in [7, 11) is 1.38. The first-order chi connectivity index (χ1) is 13.4. The molecule has 0 saturated heterocycles. The van der Waals surface area contributed by atoms with E-state index in [-0.39, 0.29) is 5.57 Å². The molecule has 0 saturated carbocycles. The van der Waals surface area contributed by atoms with Crippen molar-refractivity contribution < 1.29 is 19.1 Å². The molecule has 1 aromatic carbocycles. The van der Waals surface area contributed by atoms with Gasteiger partial charge >= 0.3 is 0 Å². The van der Waals surface area contributed by atoms with E-state index in [1.54, 1.807) is 19.1 Å². The lowest BCUT2D eigenvalue weighted by atomic mass is 9.94. The van der Waals surface area contributed by atoms with E-state index in [0.29, 0.717) is 35.9 Å². The zero-order chi connectivity index (χ0) is 20.7. The molecule has 0 N–H and O–H groups in total. The van der Waals surface area contributed by atoms with Crippen molar-refractivity contribution in [3.05, 3.63) is 40.5 Å². The van der Waals surface area contributed by atoms with Gasteiger partial charge in [0.05, 0.1) is 13.2 Å². The lowest BCUT2D eigenvalue weighted by molar-refractivity contribution is -0.138. The average Bonchev–Trinajstić information content (AvgIpc) is 2.69. The van der Waals surface area contributed by atoms with E-state index in [1.807, 2.05) is 25.1 Å². The summed E-state index contributed by atoms with van der Waals surface area (Å²) in [5.74, 6) is 0.253. The number of unbranched alkanes of at least 4 members (excludes halogenated alkanes) is 2. The van der Waals surface area contributed by atoms with Crippen LogP contribution in [0.15, 0.2) is 34.9 Å². The highest BCUT2D eigenvalue weighted by Crippen LogP contribution is 2.31. The van der Waals surface area contributed by atoms with Crippen LogP contribution in [0.5, 0.6) is 11.5 Å². The molecule has 6 nitrogen and oxygen atoms in total. The molecule has 1 aromatic rings. The third-order valence-corrected chi connectivity index (χ3v) is 4.53. The average molecular weight is 382 g/mol. The number of likely N-dealkylation sites (N-methyl/N-ethyl adjacent to an activating group) is 1. The van der Waals surface area contributed by atoms with Crippen LogP contribution >= 0.6 is 0 Å². The largest absolute Gasteiger partial charge is 0.490 e. The maximum absolute atomic E-state index is 12.5. The minimum Gasteiger partial charge on any atom is -0.490 e. The number of amides is 2. The third-order valence-electron chi connectivity index (χ3n) is 4.53. The van der Waals surface area contributed by atoms with Crippen LogP contribution in [0.4, 0.5) is 0 Å². The summed E-state index contributed by atoms with van der Waals surface area (Å²) < 4.78 is 11.5. The number of hydrogen-bond acceptors (Lipinski definition) is 5. The first-order valence-corrected chi connectivity index (χ1v) is 9.49. The van der Waals surface area contributed by atoms with Gasteiger partial charge in [-0.2, -0.15) is 5.26 Å². The third kappa shape index (κ3) is 4.61. The molecule has 1 aliphatic rings. The Hall–Kier alpha value is -3.07. The zero-order valence-electron chi connectivity index (χ0n) is 16.9. The number of imide groups is 1. The first-order valence-electron chi connectivity index (χ1n) is 9.49. The van der Waals surface area contributed by atoms with Crippen LogP contribution in [-0.4, -0.2) is 37.0 Å². The Kier molecular flexibility index (Phi) is 7.39. The van der Waals surface area contributed by atoms with Gasteiger partial charge in [-0.05, 0) is 49.6 Å². The van der Waals surface area contributed by atoms with Gasteiger partial charge in [-0.3, -0.25) is 14.5 Å². The van der Waals surface area contributed by atoms with Crippen LogP contribution in [0.3, 0.4) is 0 Å². The molecule has 6 heteroatoms. The highest BCUT2D eigenvalue weighted by Gasteiger charge is 2.32. The molecule has 148 valence electrons. The van der Waals surface area contributed by atoms with Crippen molar-refractivity contribution in [1.29, 1.82) is 5.26 Å². The fraction of sp³-hybridized carbons (Fsp3) is 0.409. The smallest absolute Gasteiger partial charge is 0.271 e. The van der Waals surface area contributed by atoms with Crippen molar-refractivity contribution in [3.8, 4) is 17.6 Å². The van der Waals surface area contributed by atoms with E-state index in [4.69, 9.17) is 9.47 Å². The molecule has 0 spiro atoms. The van der Waals surface area contributed by atoms with Gasteiger partial charge in [-0.15, -0.1) is 0 Å². The molecule has 0 aromatic heterocycles. The van der Waals surface area contributed by atoms with E-state index < -0.39 is 11.8 Å². The number of ether oxygens (including phenoxy) is 2. The number of hydrogen-bond donors (Lipinski definition) is 0. The van der Waals surface area contributed by atoms with E-state index >= 15 is 0 Å². The van der Waals surface area contributed by atoms with Gasteiger partial charge in [0.15, 0.2) is 11.5 Å².